The molecule has 1 N–H and O–H groups in total. The van der Waals surface area contributed by atoms with Gasteiger partial charge in [-0.05, 0) is 50.7 Å². The van der Waals surface area contributed by atoms with Crippen molar-refractivity contribution in [2.75, 3.05) is 38.2 Å². The first-order valence-corrected chi connectivity index (χ1v) is 13.1. The topological polar surface area (TPSA) is 61.6 Å². The third-order valence-corrected chi connectivity index (χ3v) is 8.27. The Balaban J connectivity index is 1.25. The lowest BCUT2D eigenvalue weighted by molar-refractivity contribution is 0.170. The largest absolute Gasteiger partial charge is 0.361 e. The van der Waals surface area contributed by atoms with Crippen molar-refractivity contribution in [1.29, 1.82) is 0 Å². The number of likely N-dealkylation sites (tertiary alicyclic amines) is 1. The summed E-state index contributed by atoms with van der Waals surface area (Å²) in [5.74, 6) is 1.55. The van der Waals surface area contributed by atoms with Crippen molar-refractivity contribution >= 4 is 28.9 Å². The minimum atomic E-state index is -0.352. The monoisotopic (exact) mass is 500 g/mol. The molecule has 2 fully saturated rings. The number of hydrogen-bond acceptors (Lipinski definition) is 4. The van der Waals surface area contributed by atoms with Gasteiger partial charge < -0.3 is 14.7 Å². The molecule has 1 saturated heterocycles. The van der Waals surface area contributed by atoms with E-state index in [9.17, 15) is 9.18 Å². The van der Waals surface area contributed by atoms with E-state index in [0.29, 0.717) is 36.3 Å². The summed E-state index contributed by atoms with van der Waals surface area (Å²) in [4.78, 5) is 17.2. The molecule has 5 rings (SSSR count). The van der Waals surface area contributed by atoms with E-state index in [1.165, 1.54) is 12.8 Å². The Morgan fingerprint density at radius 3 is 2.74 bits per heavy atom. The van der Waals surface area contributed by atoms with Gasteiger partial charge in [0.05, 0.1) is 16.4 Å². The molecule has 3 aliphatic rings. The smallest absolute Gasteiger partial charge is 0.321 e. The summed E-state index contributed by atoms with van der Waals surface area (Å²) in [5.41, 5.74) is 3.65. The van der Waals surface area contributed by atoms with Gasteiger partial charge in [-0.25, -0.2) is 9.18 Å². The van der Waals surface area contributed by atoms with Gasteiger partial charge in [-0.3, -0.25) is 4.90 Å². The number of para-hydroxylation sites is 1. The molecule has 1 aromatic carbocycles. The Morgan fingerprint density at radius 2 is 2.09 bits per heavy atom. The summed E-state index contributed by atoms with van der Waals surface area (Å²) in [6.45, 7) is 6.53. The third-order valence-electron chi connectivity index (χ3n) is 7.96. The van der Waals surface area contributed by atoms with E-state index in [1.54, 1.807) is 6.07 Å². The lowest BCUT2D eigenvalue weighted by Crippen LogP contribution is -2.45. The molecule has 0 spiro atoms. The zero-order valence-electron chi connectivity index (χ0n) is 20.5. The van der Waals surface area contributed by atoms with E-state index in [0.717, 1.165) is 48.4 Å². The summed E-state index contributed by atoms with van der Waals surface area (Å²) in [6.07, 6.45) is 6.96. The van der Waals surface area contributed by atoms with Gasteiger partial charge in [-0.2, -0.15) is 0 Å². The molecule has 1 aromatic heterocycles. The van der Waals surface area contributed by atoms with Crippen LogP contribution in [0.15, 0.2) is 34.9 Å². The predicted octanol–water partition coefficient (Wildman–Crippen LogP) is 6.24. The number of nitrogens with one attached hydrogen (secondary N) is 1. The van der Waals surface area contributed by atoms with E-state index < -0.39 is 0 Å². The molecule has 2 amide bonds. The van der Waals surface area contributed by atoms with E-state index in [-0.39, 0.29) is 24.2 Å². The number of carbonyl (C=O) groups is 1. The predicted molar refractivity (Wildman–Crippen MR) is 137 cm³/mol. The van der Waals surface area contributed by atoms with Crippen LogP contribution in [0.3, 0.4) is 0 Å². The van der Waals surface area contributed by atoms with Gasteiger partial charge in [0, 0.05) is 55.2 Å². The quantitative estimate of drug-likeness (QED) is 0.510. The van der Waals surface area contributed by atoms with Crippen LogP contribution in [0, 0.1) is 0 Å². The molecule has 1 atom stereocenters. The molecular weight excluding hydrogens is 467 g/mol. The maximum absolute atomic E-state index is 13.2. The van der Waals surface area contributed by atoms with Crippen LogP contribution < -0.4 is 5.32 Å². The van der Waals surface area contributed by atoms with Gasteiger partial charge in [0.15, 0.2) is 0 Å². The Bertz CT molecular complexity index is 1100. The normalized spacial score (nSPS) is 21.5. The molecule has 1 saturated carbocycles. The number of rotatable bonds is 6. The van der Waals surface area contributed by atoms with Crippen molar-refractivity contribution < 1.29 is 13.7 Å². The molecule has 1 aliphatic carbocycles. The number of hydrogen-bond donors (Lipinski definition) is 1. The average Bonchev–Trinajstić information content (AvgIpc) is 3.60. The lowest BCUT2D eigenvalue weighted by Gasteiger charge is -2.38. The fourth-order valence-corrected chi connectivity index (χ4v) is 5.35. The number of aromatic nitrogens is 1. The average molecular weight is 501 g/mol. The van der Waals surface area contributed by atoms with Crippen molar-refractivity contribution in [3.05, 3.63) is 52.4 Å². The van der Waals surface area contributed by atoms with Crippen molar-refractivity contribution in [2.45, 2.75) is 63.3 Å². The van der Waals surface area contributed by atoms with E-state index in [4.69, 9.17) is 16.1 Å². The van der Waals surface area contributed by atoms with Crippen LogP contribution in [-0.2, 0) is 5.41 Å². The van der Waals surface area contributed by atoms with Gasteiger partial charge in [-0.1, -0.05) is 41.9 Å². The number of urea groups is 1. The maximum Gasteiger partial charge on any atom is 0.321 e. The van der Waals surface area contributed by atoms with Gasteiger partial charge in [0.2, 0.25) is 0 Å². The van der Waals surface area contributed by atoms with Crippen molar-refractivity contribution in [3.8, 4) is 0 Å². The summed E-state index contributed by atoms with van der Waals surface area (Å²) in [5, 5.41) is 7.98. The Hall–Kier alpha value is -2.38. The van der Waals surface area contributed by atoms with Crippen LogP contribution in [0.2, 0.25) is 5.02 Å². The second kappa shape index (κ2) is 9.94. The highest BCUT2D eigenvalue weighted by Gasteiger charge is 2.38. The molecule has 0 bridgehead atoms. The minimum absolute atomic E-state index is 0.0848. The summed E-state index contributed by atoms with van der Waals surface area (Å²) >= 11 is 6.55. The van der Waals surface area contributed by atoms with Gasteiger partial charge in [0.25, 0.3) is 0 Å². The molecule has 6 nitrogen and oxygen atoms in total. The molecule has 2 aliphatic heterocycles. The zero-order valence-corrected chi connectivity index (χ0v) is 21.3. The minimum Gasteiger partial charge on any atom is -0.361 e. The van der Waals surface area contributed by atoms with Crippen molar-refractivity contribution in [1.82, 2.24) is 15.0 Å². The lowest BCUT2D eigenvalue weighted by atomic mass is 9.77. The van der Waals surface area contributed by atoms with Crippen molar-refractivity contribution in [3.63, 3.8) is 0 Å². The molecule has 8 heteroatoms. The number of amides is 2. The molecule has 3 heterocycles. The van der Waals surface area contributed by atoms with Crippen LogP contribution >= 0.6 is 11.6 Å². The molecule has 2 aromatic rings. The fourth-order valence-electron chi connectivity index (χ4n) is 5.13. The number of carbonyl (C=O) groups excluding carboxylic acids is 1. The van der Waals surface area contributed by atoms with Crippen LogP contribution in [0.25, 0.3) is 5.57 Å². The van der Waals surface area contributed by atoms with Crippen LogP contribution in [0.1, 0.15) is 68.9 Å². The molecular formula is C27H34ClFN4O2. The second-order valence-corrected chi connectivity index (χ2v) is 10.9. The van der Waals surface area contributed by atoms with E-state index in [1.807, 2.05) is 24.0 Å². The van der Waals surface area contributed by atoms with Crippen molar-refractivity contribution in [2.24, 2.45) is 0 Å². The molecule has 188 valence electrons. The Labute approximate surface area is 211 Å². The zero-order chi connectivity index (χ0) is 24.6. The first-order valence-electron chi connectivity index (χ1n) is 12.7. The van der Waals surface area contributed by atoms with Gasteiger partial charge in [-0.15, -0.1) is 0 Å². The van der Waals surface area contributed by atoms with Crippen LogP contribution in [0.4, 0.5) is 14.9 Å². The fraction of sp³-hybridized carbons (Fsp3) is 0.556. The number of benzene rings is 1. The summed E-state index contributed by atoms with van der Waals surface area (Å²) < 4.78 is 18.7. The van der Waals surface area contributed by atoms with E-state index >= 15 is 0 Å². The van der Waals surface area contributed by atoms with Gasteiger partial charge in [0.1, 0.15) is 12.4 Å². The van der Waals surface area contributed by atoms with Crippen LogP contribution in [-0.4, -0.2) is 59.9 Å². The first kappa shape index (κ1) is 24.3. The number of nitrogens with zero attached hydrogens (tertiary/aromatic N) is 3. The number of piperidine rings is 1. The Morgan fingerprint density at radius 1 is 1.31 bits per heavy atom. The number of alkyl halides is 1. The third kappa shape index (κ3) is 5.12. The van der Waals surface area contributed by atoms with Gasteiger partial charge >= 0.3 is 6.03 Å². The molecule has 35 heavy (non-hydrogen) atoms. The number of halogens is 2. The van der Waals surface area contributed by atoms with E-state index in [2.05, 4.69) is 34.4 Å². The SMILES string of the molecule is CC(CF)N1CC=C(c2cccc(Cl)c2NC(=O)N2CCC(C)(c3cc(C4CC4)on3)CC2)CC1. The summed E-state index contributed by atoms with van der Waals surface area (Å²) in [7, 11) is 0. The first-order chi connectivity index (χ1) is 16.9. The second-order valence-electron chi connectivity index (χ2n) is 10.5. The maximum atomic E-state index is 13.2. The Kier molecular flexibility index (Phi) is 6.91. The number of anilines is 1. The summed E-state index contributed by atoms with van der Waals surface area (Å²) in [6, 6.07) is 7.60. The van der Waals surface area contributed by atoms with Crippen LogP contribution in [0.5, 0.6) is 0 Å². The highest BCUT2D eigenvalue weighted by atomic mass is 35.5. The highest BCUT2D eigenvalue weighted by molar-refractivity contribution is 6.34. The molecule has 1 unspecified atom stereocenters. The standard InChI is InChI=1S/C27H34ClFN4O2/c1-18(17-29)32-12-8-19(9-13-32)21-4-3-5-22(28)25(21)30-26(34)33-14-10-27(2,11-15-33)24-16-23(35-31-24)20-6-7-20/h3-5,8,16,18,20H,6-7,9-15,17H2,1-2H3,(H,30,34). The highest BCUT2D eigenvalue weighted by Crippen LogP contribution is 2.43. The molecule has 0 radical (unpaired) electrons.